The van der Waals surface area contributed by atoms with E-state index in [2.05, 4.69) is 0 Å². The second-order valence-electron chi connectivity index (χ2n) is 3.83. The number of hydrogen-bond donors (Lipinski definition) is 1. The van der Waals surface area contributed by atoms with E-state index in [9.17, 15) is 5.11 Å². The van der Waals surface area contributed by atoms with E-state index in [0.29, 0.717) is 4.34 Å². The third-order valence-corrected chi connectivity index (χ3v) is 4.09. The van der Waals surface area contributed by atoms with Crippen LogP contribution in [0.3, 0.4) is 0 Å². The van der Waals surface area contributed by atoms with Crippen LogP contribution >= 0.6 is 22.9 Å². The summed E-state index contributed by atoms with van der Waals surface area (Å²) >= 11 is 7.29. The normalized spacial score (nSPS) is 12.8. The Bertz CT molecular complexity index is 504. The number of aliphatic hydroxyl groups excluding tert-OH is 1. The van der Waals surface area contributed by atoms with E-state index < -0.39 is 6.10 Å². The lowest BCUT2D eigenvalue weighted by Crippen LogP contribution is -2.00. The SMILES string of the molecule is Cc1cccc(C(O)c2ccc(Cl)s2)c1C. The number of benzene rings is 1. The van der Waals surface area contributed by atoms with Crippen LogP contribution in [0.15, 0.2) is 30.3 Å². The quantitative estimate of drug-likeness (QED) is 0.853. The first-order chi connectivity index (χ1) is 7.59. The summed E-state index contributed by atoms with van der Waals surface area (Å²) in [4.78, 5) is 0.888. The smallest absolute Gasteiger partial charge is 0.114 e. The van der Waals surface area contributed by atoms with Gasteiger partial charge in [-0.15, -0.1) is 11.3 Å². The molecule has 0 bridgehead atoms. The zero-order valence-electron chi connectivity index (χ0n) is 9.20. The summed E-state index contributed by atoms with van der Waals surface area (Å²) < 4.78 is 0.708. The molecule has 3 heteroatoms. The molecule has 1 unspecified atom stereocenters. The highest BCUT2D eigenvalue weighted by atomic mass is 35.5. The predicted molar refractivity (Wildman–Crippen MR) is 69.3 cm³/mol. The number of aliphatic hydroxyl groups is 1. The molecule has 2 aromatic rings. The lowest BCUT2D eigenvalue weighted by molar-refractivity contribution is 0.223. The van der Waals surface area contributed by atoms with Gasteiger partial charge in [0.05, 0.1) is 4.34 Å². The maximum absolute atomic E-state index is 10.3. The Kier molecular flexibility index (Phi) is 3.33. The van der Waals surface area contributed by atoms with Gasteiger partial charge in [0.25, 0.3) is 0 Å². The molecule has 0 radical (unpaired) electrons. The largest absolute Gasteiger partial charge is 0.383 e. The number of hydrogen-bond acceptors (Lipinski definition) is 2. The number of thiophene rings is 1. The molecule has 16 heavy (non-hydrogen) atoms. The molecule has 0 spiro atoms. The van der Waals surface area contributed by atoms with Crippen LogP contribution in [-0.2, 0) is 0 Å². The van der Waals surface area contributed by atoms with Crippen molar-refractivity contribution < 1.29 is 5.11 Å². The zero-order valence-corrected chi connectivity index (χ0v) is 10.8. The highest BCUT2D eigenvalue weighted by Gasteiger charge is 2.15. The topological polar surface area (TPSA) is 20.2 Å². The van der Waals surface area contributed by atoms with Gasteiger partial charge in [-0.25, -0.2) is 0 Å². The van der Waals surface area contributed by atoms with Gasteiger partial charge in [0.15, 0.2) is 0 Å². The molecule has 0 aliphatic rings. The van der Waals surface area contributed by atoms with Crippen molar-refractivity contribution in [2.45, 2.75) is 20.0 Å². The van der Waals surface area contributed by atoms with Gasteiger partial charge < -0.3 is 5.11 Å². The molecular weight excluding hydrogens is 240 g/mol. The average molecular weight is 253 g/mol. The van der Waals surface area contributed by atoms with Gasteiger partial charge >= 0.3 is 0 Å². The first kappa shape index (κ1) is 11.6. The van der Waals surface area contributed by atoms with E-state index >= 15 is 0 Å². The van der Waals surface area contributed by atoms with Crippen molar-refractivity contribution in [3.05, 3.63) is 56.2 Å². The summed E-state index contributed by atoms with van der Waals surface area (Å²) in [6.45, 7) is 4.08. The third kappa shape index (κ3) is 2.14. The van der Waals surface area contributed by atoms with E-state index in [-0.39, 0.29) is 0 Å². The van der Waals surface area contributed by atoms with Crippen LogP contribution in [0.5, 0.6) is 0 Å². The van der Waals surface area contributed by atoms with E-state index in [1.807, 2.05) is 44.2 Å². The molecule has 0 saturated heterocycles. The van der Waals surface area contributed by atoms with Crippen LogP contribution in [0.4, 0.5) is 0 Å². The molecule has 0 amide bonds. The Morgan fingerprint density at radius 1 is 1.19 bits per heavy atom. The minimum absolute atomic E-state index is 0.572. The molecule has 1 atom stereocenters. The summed E-state index contributed by atoms with van der Waals surface area (Å²) in [5.74, 6) is 0. The fourth-order valence-electron chi connectivity index (χ4n) is 1.70. The number of rotatable bonds is 2. The molecule has 1 N–H and O–H groups in total. The zero-order chi connectivity index (χ0) is 11.7. The highest BCUT2D eigenvalue weighted by Crippen LogP contribution is 2.32. The second kappa shape index (κ2) is 4.58. The van der Waals surface area contributed by atoms with Crippen molar-refractivity contribution in [1.29, 1.82) is 0 Å². The molecule has 1 aromatic heterocycles. The van der Waals surface area contributed by atoms with Crippen molar-refractivity contribution in [3.8, 4) is 0 Å². The average Bonchev–Trinajstić information content (AvgIpc) is 2.68. The van der Waals surface area contributed by atoms with E-state index in [0.717, 1.165) is 16.0 Å². The van der Waals surface area contributed by atoms with Crippen LogP contribution in [-0.4, -0.2) is 5.11 Å². The fourth-order valence-corrected chi connectivity index (χ4v) is 2.76. The van der Waals surface area contributed by atoms with Crippen molar-refractivity contribution in [2.24, 2.45) is 0 Å². The van der Waals surface area contributed by atoms with Gasteiger partial charge in [0.2, 0.25) is 0 Å². The van der Waals surface area contributed by atoms with Crippen molar-refractivity contribution in [2.75, 3.05) is 0 Å². The molecule has 84 valence electrons. The van der Waals surface area contributed by atoms with Gasteiger partial charge in [-0.2, -0.15) is 0 Å². The molecule has 0 aliphatic carbocycles. The van der Waals surface area contributed by atoms with Gasteiger partial charge in [-0.05, 0) is 42.7 Å². The van der Waals surface area contributed by atoms with Gasteiger partial charge in [0, 0.05) is 4.88 Å². The summed E-state index contributed by atoms with van der Waals surface area (Å²) in [7, 11) is 0. The van der Waals surface area contributed by atoms with Crippen molar-refractivity contribution >= 4 is 22.9 Å². The van der Waals surface area contributed by atoms with Gasteiger partial charge in [-0.1, -0.05) is 29.8 Å². The Morgan fingerprint density at radius 3 is 2.56 bits per heavy atom. The predicted octanol–water partition coefficient (Wildman–Crippen LogP) is 4.10. The van der Waals surface area contributed by atoms with Gasteiger partial charge in [-0.3, -0.25) is 0 Å². The van der Waals surface area contributed by atoms with Crippen LogP contribution in [0.1, 0.15) is 27.7 Å². The molecular formula is C13H13ClOS. The van der Waals surface area contributed by atoms with Crippen molar-refractivity contribution in [3.63, 3.8) is 0 Å². The first-order valence-electron chi connectivity index (χ1n) is 5.09. The minimum Gasteiger partial charge on any atom is -0.383 e. The molecule has 0 saturated carbocycles. The van der Waals surface area contributed by atoms with E-state index in [1.54, 1.807) is 0 Å². The second-order valence-corrected chi connectivity index (χ2v) is 5.58. The third-order valence-electron chi connectivity index (χ3n) is 2.80. The Labute approximate surface area is 104 Å². The first-order valence-corrected chi connectivity index (χ1v) is 6.28. The maximum Gasteiger partial charge on any atom is 0.114 e. The summed E-state index contributed by atoms with van der Waals surface area (Å²) in [6.07, 6.45) is -0.572. The van der Waals surface area contributed by atoms with Crippen LogP contribution < -0.4 is 0 Å². The fraction of sp³-hybridized carbons (Fsp3) is 0.231. The molecule has 1 nitrogen and oxygen atoms in total. The number of aryl methyl sites for hydroxylation is 1. The van der Waals surface area contributed by atoms with Crippen LogP contribution in [0, 0.1) is 13.8 Å². The highest BCUT2D eigenvalue weighted by molar-refractivity contribution is 7.16. The summed E-state index contributed by atoms with van der Waals surface area (Å²) in [5, 5.41) is 10.3. The van der Waals surface area contributed by atoms with E-state index in [4.69, 9.17) is 11.6 Å². The monoisotopic (exact) mass is 252 g/mol. The summed E-state index contributed by atoms with van der Waals surface area (Å²) in [5.41, 5.74) is 3.29. The molecule has 1 aromatic carbocycles. The molecule has 0 fully saturated rings. The Balaban J connectivity index is 2.41. The number of halogens is 1. The molecule has 2 rings (SSSR count). The lowest BCUT2D eigenvalue weighted by Gasteiger charge is -2.13. The van der Waals surface area contributed by atoms with E-state index in [1.165, 1.54) is 16.9 Å². The molecule has 0 aliphatic heterocycles. The Hall–Kier alpha value is -0.830. The van der Waals surface area contributed by atoms with Gasteiger partial charge in [0.1, 0.15) is 6.10 Å². The standard InChI is InChI=1S/C13H13ClOS/c1-8-4-3-5-10(9(8)2)13(15)11-6-7-12(14)16-11/h3-7,13,15H,1-2H3. The van der Waals surface area contributed by atoms with Crippen LogP contribution in [0.2, 0.25) is 4.34 Å². The minimum atomic E-state index is -0.572. The maximum atomic E-state index is 10.3. The summed E-state index contributed by atoms with van der Waals surface area (Å²) in [6, 6.07) is 9.67. The lowest BCUT2D eigenvalue weighted by atomic mass is 9.98. The van der Waals surface area contributed by atoms with Crippen LogP contribution in [0.25, 0.3) is 0 Å². The Morgan fingerprint density at radius 2 is 1.94 bits per heavy atom. The van der Waals surface area contributed by atoms with Crippen molar-refractivity contribution in [1.82, 2.24) is 0 Å². The molecule has 1 heterocycles.